The van der Waals surface area contributed by atoms with Gasteiger partial charge < -0.3 is 10.6 Å². The Balaban J connectivity index is 1.62. The van der Waals surface area contributed by atoms with Gasteiger partial charge in [-0.25, -0.2) is 4.39 Å². The molecular formula is C15H14BrFN4O2. The summed E-state index contributed by atoms with van der Waals surface area (Å²) in [4.78, 5) is 23.8. The van der Waals surface area contributed by atoms with E-state index < -0.39 is 11.7 Å². The maximum Gasteiger partial charge on any atom is 0.258 e. The SMILES string of the molecule is O=C(Cn1cc(NC(=O)c2cc(Br)ccc2F)cn1)NC1CC1. The van der Waals surface area contributed by atoms with Crippen molar-refractivity contribution in [3.63, 3.8) is 0 Å². The summed E-state index contributed by atoms with van der Waals surface area (Å²) >= 11 is 3.20. The highest BCUT2D eigenvalue weighted by Crippen LogP contribution is 2.19. The number of halogens is 2. The Hall–Kier alpha value is -2.22. The minimum atomic E-state index is -0.609. The topological polar surface area (TPSA) is 76.0 Å². The van der Waals surface area contributed by atoms with E-state index in [0.717, 1.165) is 12.8 Å². The van der Waals surface area contributed by atoms with Gasteiger partial charge in [0.2, 0.25) is 5.91 Å². The first kappa shape index (κ1) is 15.7. The largest absolute Gasteiger partial charge is 0.352 e. The average Bonchev–Trinajstić information content (AvgIpc) is 3.20. The lowest BCUT2D eigenvalue weighted by Crippen LogP contribution is -2.29. The number of anilines is 1. The number of hydrogen-bond donors (Lipinski definition) is 2. The molecule has 2 amide bonds. The summed E-state index contributed by atoms with van der Waals surface area (Å²) < 4.78 is 15.7. The second kappa shape index (κ2) is 6.49. The fraction of sp³-hybridized carbons (Fsp3) is 0.267. The van der Waals surface area contributed by atoms with Crippen LogP contribution < -0.4 is 10.6 Å². The third-order valence-electron chi connectivity index (χ3n) is 3.31. The van der Waals surface area contributed by atoms with Crippen LogP contribution in [0.4, 0.5) is 10.1 Å². The van der Waals surface area contributed by atoms with E-state index in [1.165, 1.54) is 35.3 Å². The van der Waals surface area contributed by atoms with Gasteiger partial charge in [0.1, 0.15) is 12.4 Å². The first-order chi connectivity index (χ1) is 11.0. The van der Waals surface area contributed by atoms with Crippen molar-refractivity contribution in [2.24, 2.45) is 0 Å². The lowest BCUT2D eigenvalue weighted by atomic mass is 10.2. The molecule has 0 saturated heterocycles. The predicted octanol–water partition coefficient (Wildman–Crippen LogP) is 2.32. The van der Waals surface area contributed by atoms with Crippen LogP contribution >= 0.6 is 15.9 Å². The van der Waals surface area contributed by atoms with Crippen molar-refractivity contribution in [2.45, 2.75) is 25.4 Å². The van der Waals surface area contributed by atoms with Gasteiger partial charge in [0.25, 0.3) is 5.91 Å². The maximum absolute atomic E-state index is 13.7. The minimum Gasteiger partial charge on any atom is -0.352 e. The molecule has 23 heavy (non-hydrogen) atoms. The molecule has 0 aliphatic heterocycles. The lowest BCUT2D eigenvalue weighted by molar-refractivity contribution is -0.122. The molecule has 1 aliphatic rings. The van der Waals surface area contributed by atoms with E-state index in [2.05, 4.69) is 31.7 Å². The molecule has 0 bridgehead atoms. The van der Waals surface area contributed by atoms with E-state index >= 15 is 0 Å². The Morgan fingerprint density at radius 3 is 2.91 bits per heavy atom. The molecule has 1 saturated carbocycles. The van der Waals surface area contributed by atoms with Crippen molar-refractivity contribution >= 4 is 33.4 Å². The van der Waals surface area contributed by atoms with E-state index in [-0.39, 0.29) is 24.1 Å². The Morgan fingerprint density at radius 1 is 1.39 bits per heavy atom. The fourth-order valence-corrected chi connectivity index (χ4v) is 2.39. The van der Waals surface area contributed by atoms with Crippen LogP contribution in [-0.4, -0.2) is 27.6 Å². The Morgan fingerprint density at radius 2 is 2.17 bits per heavy atom. The number of rotatable bonds is 5. The van der Waals surface area contributed by atoms with E-state index in [4.69, 9.17) is 0 Å². The molecule has 120 valence electrons. The van der Waals surface area contributed by atoms with Crippen LogP contribution in [0.1, 0.15) is 23.2 Å². The number of nitrogens with one attached hydrogen (secondary N) is 2. The zero-order chi connectivity index (χ0) is 16.4. The molecule has 1 aromatic carbocycles. The van der Waals surface area contributed by atoms with Gasteiger partial charge in [-0.15, -0.1) is 0 Å². The van der Waals surface area contributed by atoms with Gasteiger partial charge in [-0.2, -0.15) is 5.10 Å². The highest BCUT2D eigenvalue weighted by molar-refractivity contribution is 9.10. The van der Waals surface area contributed by atoms with Gasteiger partial charge in [-0.05, 0) is 31.0 Å². The smallest absolute Gasteiger partial charge is 0.258 e. The standard InChI is InChI=1S/C15H14BrFN4O2/c16-9-1-4-13(17)12(5-9)15(23)20-11-6-18-21(7-11)8-14(22)19-10-2-3-10/h1,4-7,10H,2-3,8H2,(H,19,22)(H,20,23). The number of benzene rings is 1. The second-order valence-electron chi connectivity index (χ2n) is 5.35. The molecule has 1 heterocycles. The number of carbonyl (C=O) groups is 2. The van der Waals surface area contributed by atoms with Gasteiger partial charge >= 0.3 is 0 Å². The molecule has 0 unspecified atom stereocenters. The number of hydrogen-bond acceptors (Lipinski definition) is 3. The molecule has 0 radical (unpaired) electrons. The summed E-state index contributed by atoms with van der Waals surface area (Å²) in [5.74, 6) is -1.31. The van der Waals surface area contributed by atoms with Gasteiger partial charge in [0.05, 0.1) is 17.4 Å². The number of aromatic nitrogens is 2. The lowest BCUT2D eigenvalue weighted by Gasteiger charge is -2.05. The molecule has 1 aliphatic carbocycles. The highest BCUT2D eigenvalue weighted by Gasteiger charge is 2.23. The summed E-state index contributed by atoms with van der Waals surface area (Å²) in [5.41, 5.74) is 0.326. The van der Waals surface area contributed by atoms with Crippen LogP contribution in [0.5, 0.6) is 0 Å². The van der Waals surface area contributed by atoms with Gasteiger partial charge in [-0.1, -0.05) is 15.9 Å². The van der Waals surface area contributed by atoms with Crippen molar-refractivity contribution in [1.82, 2.24) is 15.1 Å². The molecule has 1 aromatic heterocycles. The van der Waals surface area contributed by atoms with Crippen LogP contribution in [-0.2, 0) is 11.3 Å². The van der Waals surface area contributed by atoms with E-state index in [0.29, 0.717) is 10.2 Å². The molecule has 2 N–H and O–H groups in total. The van der Waals surface area contributed by atoms with Crippen molar-refractivity contribution in [1.29, 1.82) is 0 Å². The summed E-state index contributed by atoms with van der Waals surface area (Å²) in [6.07, 6.45) is 4.98. The quantitative estimate of drug-likeness (QED) is 0.835. The third-order valence-corrected chi connectivity index (χ3v) is 3.81. The number of carbonyl (C=O) groups excluding carboxylic acids is 2. The highest BCUT2D eigenvalue weighted by atomic mass is 79.9. The summed E-state index contributed by atoms with van der Waals surface area (Å²) in [6, 6.07) is 4.42. The number of amides is 2. The maximum atomic E-state index is 13.7. The minimum absolute atomic E-state index is 0.0707. The Bertz CT molecular complexity index is 758. The average molecular weight is 381 g/mol. The Kier molecular flexibility index (Phi) is 4.42. The van der Waals surface area contributed by atoms with E-state index in [1.807, 2.05) is 0 Å². The van der Waals surface area contributed by atoms with Crippen molar-refractivity contribution < 1.29 is 14.0 Å². The molecule has 2 aromatic rings. The summed E-state index contributed by atoms with van der Waals surface area (Å²) in [5, 5.41) is 9.42. The number of nitrogens with zero attached hydrogens (tertiary/aromatic N) is 2. The fourth-order valence-electron chi connectivity index (χ4n) is 2.03. The van der Waals surface area contributed by atoms with Crippen molar-refractivity contribution in [3.8, 4) is 0 Å². The van der Waals surface area contributed by atoms with Gasteiger partial charge in [-0.3, -0.25) is 14.3 Å². The molecule has 8 heteroatoms. The van der Waals surface area contributed by atoms with Crippen LogP contribution in [0.3, 0.4) is 0 Å². The first-order valence-corrected chi connectivity index (χ1v) is 7.89. The van der Waals surface area contributed by atoms with Gasteiger partial charge in [0, 0.05) is 16.7 Å². The second-order valence-corrected chi connectivity index (χ2v) is 6.26. The monoisotopic (exact) mass is 380 g/mol. The molecule has 0 spiro atoms. The van der Waals surface area contributed by atoms with Gasteiger partial charge in [0.15, 0.2) is 0 Å². The molecular weight excluding hydrogens is 367 g/mol. The predicted molar refractivity (Wildman–Crippen MR) is 85.4 cm³/mol. The molecule has 1 fully saturated rings. The zero-order valence-electron chi connectivity index (χ0n) is 12.1. The molecule has 6 nitrogen and oxygen atoms in total. The zero-order valence-corrected chi connectivity index (χ0v) is 13.6. The molecule has 3 rings (SSSR count). The Labute approximate surface area is 140 Å². The van der Waals surface area contributed by atoms with Crippen molar-refractivity contribution in [2.75, 3.05) is 5.32 Å². The summed E-state index contributed by atoms with van der Waals surface area (Å²) in [7, 11) is 0. The van der Waals surface area contributed by atoms with Crippen LogP contribution in [0.2, 0.25) is 0 Å². The van der Waals surface area contributed by atoms with E-state index in [1.54, 1.807) is 0 Å². The molecule has 0 atom stereocenters. The van der Waals surface area contributed by atoms with Crippen LogP contribution in [0.25, 0.3) is 0 Å². The third kappa shape index (κ3) is 4.16. The normalized spacial score (nSPS) is 13.7. The van der Waals surface area contributed by atoms with E-state index in [9.17, 15) is 14.0 Å². The summed E-state index contributed by atoms with van der Waals surface area (Å²) in [6.45, 7) is 0.0810. The van der Waals surface area contributed by atoms with Crippen LogP contribution in [0, 0.1) is 5.82 Å². The van der Waals surface area contributed by atoms with Crippen LogP contribution in [0.15, 0.2) is 35.1 Å². The first-order valence-electron chi connectivity index (χ1n) is 7.09. The van der Waals surface area contributed by atoms with Crippen molar-refractivity contribution in [3.05, 3.63) is 46.4 Å².